The van der Waals surface area contributed by atoms with Gasteiger partial charge in [-0.05, 0) is 25.0 Å². The van der Waals surface area contributed by atoms with E-state index < -0.39 is 0 Å². The largest absolute Gasteiger partial charge is 0.373 e. The van der Waals surface area contributed by atoms with Crippen molar-refractivity contribution in [1.82, 2.24) is 10.3 Å². The Balaban J connectivity index is 1.98. The summed E-state index contributed by atoms with van der Waals surface area (Å²) in [6, 6.07) is 3.87. The maximum atomic E-state index is 12.0. The maximum absolute atomic E-state index is 12.0. The molecule has 4 nitrogen and oxygen atoms in total. The van der Waals surface area contributed by atoms with Crippen molar-refractivity contribution >= 4 is 11.7 Å². The smallest absolute Gasteiger partial charge is 0.251 e. The van der Waals surface area contributed by atoms with Crippen LogP contribution in [0.5, 0.6) is 0 Å². The standard InChI is InChI=1S/C13H19N3O/c1-14-12-9-10(7-8-15-12)13(17)16-11-5-3-2-4-6-11/h7-9,11H,2-6H2,1H3,(H,14,15)(H,16,17). The molecule has 1 amide bonds. The van der Waals surface area contributed by atoms with Crippen molar-refractivity contribution in [3.05, 3.63) is 23.9 Å². The third kappa shape index (κ3) is 3.19. The minimum Gasteiger partial charge on any atom is -0.373 e. The average molecular weight is 233 g/mol. The monoisotopic (exact) mass is 233 g/mol. The zero-order valence-electron chi connectivity index (χ0n) is 10.2. The maximum Gasteiger partial charge on any atom is 0.251 e. The second-order valence-corrected chi connectivity index (χ2v) is 4.49. The van der Waals surface area contributed by atoms with Crippen LogP contribution in [0.15, 0.2) is 18.3 Å². The van der Waals surface area contributed by atoms with Crippen molar-refractivity contribution in [3.63, 3.8) is 0 Å². The Morgan fingerprint density at radius 2 is 2.12 bits per heavy atom. The first-order valence-corrected chi connectivity index (χ1v) is 6.24. The summed E-state index contributed by atoms with van der Waals surface area (Å²) in [5, 5.41) is 6.03. The van der Waals surface area contributed by atoms with E-state index in [4.69, 9.17) is 0 Å². The van der Waals surface area contributed by atoms with Crippen molar-refractivity contribution < 1.29 is 4.79 Å². The Morgan fingerprint density at radius 3 is 2.82 bits per heavy atom. The molecule has 0 bridgehead atoms. The lowest BCUT2D eigenvalue weighted by Crippen LogP contribution is -2.36. The summed E-state index contributed by atoms with van der Waals surface area (Å²) in [5.74, 6) is 0.733. The van der Waals surface area contributed by atoms with Crippen molar-refractivity contribution in [1.29, 1.82) is 0 Å². The van der Waals surface area contributed by atoms with Gasteiger partial charge in [-0.1, -0.05) is 19.3 Å². The average Bonchev–Trinajstić information content (AvgIpc) is 2.40. The summed E-state index contributed by atoms with van der Waals surface area (Å²) in [4.78, 5) is 16.1. The minimum absolute atomic E-state index is 0.0100. The Kier molecular flexibility index (Phi) is 3.96. The molecule has 0 spiro atoms. The molecule has 4 heteroatoms. The van der Waals surface area contributed by atoms with E-state index in [1.54, 1.807) is 25.4 Å². The van der Waals surface area contributed by atoms with Gasteiger partial charge in [-0.2, -0.15) is 0 Å². The predicted octanol–water partition coefficient (Wildman–Crippen LogP) is 2.19. The molecule has 2 rings (SSSR count). The third-order valence-corrected chi connectivity index (χ3v) is 3.22. The number of hydrogen-bond acceptors (Lipinski definition) is 3. The Hall–Kier alpha value is -1.58. The summed E-state index contributed by atoms with van der Waals surface area (Å²) in [7, 11) is 1.80. The molecule has 0 atom stereocenters. The molecule has 92 valence electrons. The number of carbonyl (C=O) groups excluding carboxylic acids is 1. The highest BCUT2D eigenvalue weighted by atomic mass is 16.1. The summed E-state index contributed by atoms with van der Waals surface area (Å²) in [6.45, 7) is 0. The van der Waals surface area contributed by atoms with Crippen LogP contribution in [-0.4, -0.2) is 24.0 Å². The molecule has 1 aliphatic rings. The first kappa shape index (κ1) is 11.9. The van der Waals surface area contributed by atoms with Crippen LogP contribution in [0, 0.1) is 0 Å². The van der Waals surface area contributed by atoms with Crippen LogP contribution in [0.3, 0.4) is 0 Å². The normalized spacial score (nSPS) is 16.5. The molecular formula is C13H19N3O. The first-order chi connectivity index (χ1) is 8.29. The van der Waals surface area contributed by atoms with E-state index in [0.717, 1.165) is 18.7 Å². The highest BCUT2D eigenvalue weighted by Gasteiger charge is 2.16. The molecule has 0 aliphatic heterocycles. The highest BCUT2D eigenvalue weighted by molar-refractivity contribution is 5.94. The molecule has 1 aromatic rings. The fraction of sp³-hybridized carbons (Fsp3) is 0.538. The van der Waals surface area contributed by atoms with Crippen LogP contribution < -0.4 is 10.6 Å². The fourth-order valence-electron chi connectivity index (χ4n) is 2.22. The SMILES string of the molecule is CNc1cc(C(=O)NC2CCCCC2)ccn1. The highest BCUT2D eigenvalue weighted by Crippen LogP contribution is 2.18. The van der Waals surface area contributed by atoms with E-state index in [1.807, 2.05) is 0 Å². The van der Waals surface area contributed by atoms with Gasteiger partial charge in [0.15, 0.2) is 0 Å². The molecule has 0 aromatic carbocycles. The van der Waals surface area contributed by atoms with Crippen molar-refractivity contribution in [2.24, 2.45) is 0 Å². The summed E-state index contributed by atoms with van der Waals surface area (Å²) in [5.41, 5.74) is 0.676. The second kappa shape index (κ2) is 5.66. The van der Waals surface area contributed by atoms with Crippen molar-refractivity contribution in [3.8, 4) is 0 Å². The van der Waals surface area contributed by atoms with E-state index in [1.165, 1.54) is 19.3 Å². The number of amides is 1. The molecule has 1 saturated carbocycles. The lowest BCUT2D eigenvalue weighted by Gasteiger charge is -2.22. The van der Waals surface area contributed by atoms with E-state index in [2.05, 4.69) is 15.6 Å². The van der Waals surface area contributed by atoms with E-state index in [-0.39, 0.29) is 5.91 Å². The molecule has 1 aromatic heterocycles. The van der Waals surface area contributed by atoms with E-state index >= 15 is 0 Å². The van der Waals surface area contributed by atoms with Gasteiger partial charge >= 0.3 is 0 Å². The van der Waals surface area contributed by atoms with Crippen molar-refractivity contribution in [2.45, 2.75) is 38.1 Å². The van der Waals surface area contributed by atoms with Gasteiger partial charge in [-0.3, -0.25) is 4.79 Å². The van der Waals surface area contributed by atoms with Crippen LogP contribution in [0.1, 0.15) is 42.5 Å². The van der Waals surface area contributed by atoms with Gasteiger partial charge < -0.3 is 10.6 Å². The van der Waals surface area contributed by atoms with Gasteiger partial charge in [-0.25, -0.2) is 4.98 Å². The zero-order valence-corrected chi connectivity index (χ0v) is 10.2. The molecule has 1 fully saturated rings. The fourth-order valence-corrected chi connectivity index (χ4v) is 2.22. The quantitative estimate of drug-likeness (QED) is 0.841. The zero-order chi connectivity index (χ0) is 12.1. The van der Waals surface area contributed by atoms with Gasteiger partial charge in [0.1, 0.15) is 5.82 Å². The number of pyridine rings is 1. The molecule has 0 unspecified atom stereocenters. The summed E-state index contributed by atoms with van der Waals surface area (Å²) >= 11 is 0. The third-order valence-electron chi connectivity index (χ3n) is 3.22. The Labute approximate surface area is 102 Å². The van der Waals surface area contributed by atoms with Crippen LogP contribution in [0.4, 0.5) is 5.82 Å². The lowest BCUT2D eigenvalue weighted by atomic mass is 9.95. The van der Waals surface area contributed by atoms with Crippen LogP contribution in [0.2, 0.25) is 0 Å². The molecule has 1 aliphatic carbocycles. The van der Waals surface area contributed by atoms with Crippen LogP contribution in [-0.2, 0) is 0 Å². The molecular weight excluding hydrogens is 214 g/mol. The Morgan fingerprint density at radius 1 is 1.35 bits per heavy atom. The number of nitrogens with one attached hydrogen (secondary N) is 2. The van der Waals surface area contributed by atoms with Gasteiger partial charge in [0.25, 0.3) is 5.91 Å². The van der Waals surface area contributed by atoms with Crippen molar-refractivity contribution in [2.75, 3.05) is 12.4 Å². The van der Waals surface area contributed by atoms with Crippen LogP contribution in [0.25, 0.3) is 0 Å². The summed E-state index contributed by atoms with van der Waals surface area (Å²) < 4.78 is 0. The van der Waals surface area contributed by atoms with Gasteiger partial charge in [0.05, 0.1) is 0 Å². The molecule has 17 heavy (non-hydrogen) atoms. The number of rotatable bonds is 3. The molecule has 2 N–H and O–H groups in total. The van der Waals surface area contributed by atoms with Crippen LogP contribution >= 0.6 is 0 Å². The van der Waals surface area contributed by atoms with E-state index in [9.17, 15) is 4.79 Å². The minimum atomic E-state index is 0.0100. The van der Waals surface area contributed by atoms with Gasteiger partial charge in [0, 0.05) is 24.8 Å². The summed E-state index contributed by atoms with van der Waals surface area (Å²) in [6.07, 6.45) is 7.62. The lowest BCUT2D eigenvalue weighted by molar-refractivity contribution is 0.0927. The number of aromatic nitrogens is 1. The second-order valence-electron chi connectivity index (χ2n) is 4.49. The molecule has 1 heterocycles. The predicted molar refractivity (Wildman–Crippen MR) is 68.1 cm³/mol. The van der Waals surface area contributed by atoms with Gasteiger partial charge in [-0.15, -0.1) is 0 Å². The number of carbonyl (C=O) groups is 1. The molecule has 0 radical (unpaired) electrons. The van der Waals surface area contributed by atoms with E-state index in [0.29, 0.717) is 11.6 Å². The number of nitrogens with zero attached hydrogens (tertiary/aromatic N) is 1. The Bertz CT molecular complexity index is 386. The number of anilines is 1. The number of hydrogen-bond donors (Lipinski definition) is 2. The molecule has 0 saturated heterocycles. The van der Waals surface area contributed by atoms with Gasteiger partial charge in [0.2, 0.25) is 0 Å². The first-order valence-electron chi connectivity index (χ1n) is 6.24. The topological polar surface area (TPSA) is 54.0 Å².